The number of rotatable bonds is 5. The van der Waals surface area contributed by atoms with Crippen molar-refractivity contribution < 1.29 is 40.7 Å². The number of halogens is 3. The number of sulfonamides is 1. The van der Waals surface area contributed by atoms with E-state index in [9.17, 15) is 31.2 Å². The minimum Gasteiger partial charge on any atom is -0.467 e. The van der Waals surface area contributed by atoms with Gasteiger partial charge >= 0.3 is 24.2 Å². The molecule has 0 spiro atoms. The van der Waals surface area contributed by atoms with Gasteiger partial charge in [0.2, 0.25) is 11.8 Å². The minimum atomic E-state index is -4.98. The number of benzene rings is 1. The Labute approximate surface area is 197 Å². The molecular formula is C14H12CaF3N5O6S. The number of hydrogen-bond donors (Lipinski definition) is 2. The zero-order valence-corrected chi connectivity index (χ0v) is 18.4. The predicted octanol–water partition coefficient (Wildman–Crippen LogP) is 0.815. The average molecular weight is 475 g/mol. The average Bonchev–Trinajstić information content (AvgIpc) is 2.65. The predicted molar refractivity (Wildman–Crippen MR) is 94.3 cm³/mol. The zero-order valence-electron chi connectivity index (χ0n) is 15.3. The van der Waals surface area contributed by atoms with E-state index in [0.29, 0.717) is 0 Å². The molecular weight excluding hydrogens is 463 g/mol. The van der Waals surface area contributed by atoms with Crippen molar-refractivity contribution >= 4 is 65.7 Å². The number of carbonyl (C=O) groups excluding carboxylic acids is 2. The number of anilines is 1. The topological polar surface area (TPSA) is 149 Å². The Hall–Kier alpha value is -2.23. The summed E-state index contributed by atoms with van der Waals surface area (Å²) in [5.74, 6) is -3.57. The number of urea groups is 1. The molecule has 1 aromatic carbocycles. The van der Waals surface area contributed by atoms with E-state index in [0.717, 1.165) is 26.4 Å². The number of hydrogen-bond acceptors (Lipinski definition) is 9. The molecule has 2 aromatic rings. The Morgan fingerprint density at radius 3 is 2.27 bits per heavy atom. The Morgan fingerprint density at radius 2 is 1.70 bits per heavy atom. The third-order valence-corrected chi connectivity index (χ3v) is 4.47. The van der Waals surface area contributed by atoms with E-state index in [-0.39, 0.29) is 43.3 Å². The van der Waals surface area contributed by atoms with Gasteiger partial charge in [0.05, 0.1) is 19.8 Å². The number of ether oxygens (including phenoxy) is 2. The quantitative estimate of drug-likeness (QED) is 0.473. The minimum absolute atomic E-state index is 0. The fourth-order valence-corrected chi connectivity index (χ4v) is 3.02. The largest absolute Gasteiger partial charge is 0.467 e. The van der Waals surface area contributed by atoms with Crippen LogP contribution in [0.1, 0.15) is 16.2 Å². The van der Waals surface area contributed by atoms with Crippen LogP contribution in [0, 0.1) is 0 Å². The van der Waals surface area contributed by atoms with E-state index < -0.39 is 50.9 Å². The molecule has 2 radical (unpaired) electrons. The second-order valence-corrected chi connectivity index (χ2v) is 6.67. The molecule has 2 amide bonds. The summed E-state index contributed by atoms with van der Waals surface area (Å²) in [4.78, 5) is 32.4. The van der Waals surface area contributed by atoms with Gasteiger partial charge in [0.25, 0.3) is 10.0 Å². The van der Waals surface area contributed by atoms with Crippen molar-refractivity contribution in [3.8, 4) is 6.01 Å². The molecule has 0 aliphatic carbocycles. The standard InChI is InChI=1S/C14H12F3N5O6S.Ca/c1-27-9(23)7-5-3-4-6-8(7)29(25,26)22-12(24)20-11-18-10(14(15,16)17)19-13(21-11)28-2;/h3-6H,1-2H3,(H2,18,19,20,21,22,24);. The molecule has 30 heavy (non-hydrogen) atoms. The second kappa shape index (κ2) is 10.2. The van der Waals surface area contributed by atoms with E-state index in [2.05, 4.69) is 24.4 Å². The Bertz CT molecular complexity index is 1050. The first kappa shape index (κ1) is 25.8. The van der Waals surface area contributed by atoms with E-state index in [1.807, 2.05) is 0 Å². The van der Waals surface area contributed by atoms with Crippen LogP contribution in [0.4, 0.5) is 23.9 Å². The number of methoxy groups -OCH3 is 2. The van der Waals surface area contributed by atoms with Gasteiger partial charge in [0.15, 0.2) is 0 Å². The third-order valence-electron chi connectivity index (χ3n) is 3.09. The summed E-state index contributed by atoms with van der Waals surface area (Å²) in [6, 6.07) is 2.56. The fourth-order valence-electron chi connectivity index (χ4n) is 1.91. The maximum absolute atomic E-state index is 12.8. The summed E-state index contributed by atoms with van der Waals surface area (Å²) in [5.41, 5.74) is -0.364. The van der Waals surface area contributed by atoms with Crippen molar-refractivity contribution in [2.75, 3.05) is 19.5 Å². The molecule has 0 saturated heterocycles. The van der Waals surface area contributed by atoms with Gasteiger partial charge in [-0.3, -0.25) is 5.32 Å². The summed E-state index contributed by atoms with van der Waals surface area (Å²) in [6.45, 7) is 0. The van der Waals surface area contributed by atoms with Crippen LogP contribution >= 0.6 is 0 Å². The molecule has 0 bridgehead atoms. The van der Waals surface area contributed by atoms with Crippen LogP contribution in [-0.4, -0.2) is 87.3 Å². The Morgan fingerprint density at radius 1 is 1.07 bits per heavy atom. The van der Waals surface area contributed by atoms with E-state index in [1.54, 1.807) is 5.32 Å². The number of carbonyl (C=O) groups is 2. The maximum atomic E-state index is 12.8. The molecule has 0 fully saturated rings. The van der Waals surface area contributed by atoms with Gasteiger partial charge < -0.3 is 9.47 Å². The molecule has 1 aromatic heterocycles. The SMILES string of the molecule is COC(=O)c1ccccc1S(=O)(=O)NC(=O)Nc1nc(OC)nc(C(F)(F)F)n1.[Ca]. The molecule has 2 rings (SSSR count). The van der Waals surface area contributed by atoms with Crippen LogP contribution in [0.25, 0.3) is 0 Å². The van der Waals surface area contributed by atoms with Gasteiger partial charge in [-0.2, -0.15) is 28.1 Å². The van der Waals surface area contributed by atoms with E-state index in [4.69, 9.17) is 0 Å². The molecule has 0 aliphatic heterocycles. The van der Waals surface area contributed by atoms with Crippen molar-refractivity contribution in [1.82, 2.24) is 19.7 Å². The first-order chi connectivity index (χ1) is 13.5. The maximum Gasteiger partial charge on any atom is 0.451 e. The third kappa shape index (κ3) is 6.38. The smallest absolute Gasteiger partial charge is 0.451 e. The van der Waals surface area contributed by atoms with Gasteiger partial charge in [0, 0.05) is 37.7 Å². The van der Waals surface area contributed by atoms with Crippen molar-refractivity contribution in [1.29, 1.82) is 0 Å². The number of esters is 1. The number of aromatic nitrogens is 3. The second-order valence-electron chi connectivity index (χ2n) is 5.01. The first-order valence-corrected chi connectivity index (χ1v) is 8.84. The Balaban J connectivity index is 0.00000450. The van der Waals surface area contributed by atoms with Gasteiger partial charge in [-0.05, 0) is 12.1 Å². The van der Waals surface area contributed by atoms with Crippen LogP contribution in [0.15, 0.2) is 29.2 Å². The fraction of sp³-hybridized carbons (Fsp3) is 0.214. The van der Waals surface area contributed by atoms with Crippen molar-refractivity contribution in [2.24, 2.45) is 0 Å². The van der Waals surface area contributed by atoms with Gasteiger partial charge in [-0.25, -0.2) is 22.7 Å². The summed E-state index contributed by atoms with van der Waals surface area (Å²) in [7, 11) is -2.60. The molecule has 2 N–H and O–H groups in total. The van der Waals surface area contributed by atoms with Crippen molar-refractivity contribution in [3.63, 3.8) is 0 Å². The van der Waals surface area contributed by atoms with Gasteiger partial charge in [-0.1, -0.05) is 12.1 Å². The van der Waals surface area contributed by atoms with E-state index in [1.165, 1.54) is 16.9 Å². The molecule has 0 aliphatic rings. The summed E-state index contributed by atoms with van der Waals surface area (Å²) in [5, 5.41) is 1.73. The van der Waals surface area contributed by atoms with Crippen LogP contribution in [-0.2, 0) is 20.9 Å². The molecule has 0 unspecified atom stereocenters. The van der Waals surface area contributed by atoms with Gasteiger partial charge in [-0.15, -0.1) is 0 Å². The summed E-state index contributed by atoms with van der Waals surface area (Å²) < 4.78 is 73.6. The van der Waals surface area contributed by atoms with Crippen LogP contribution in [0.3, 0.4) is 0 Å². The van der Waals surface area contributed by atoms with Crippen LogP contribution in [0.2, 0.25) is 0 Å². The molecule has 1 heterocycles. The molecule has 158 valence electrons. The first-order valence-electron chi connectivity index (χ1n) is 7.36. The zero-order chi connectivity index (χ0) is 21.8. The van der Waals surface area contributed by atoms with Crippen LogP contribution < -0.4 is 14.8 Å². The summed E-state index contributed by atoms with van der Waals surface area (Å²) in [6.07, 6.45) is -4.98. The van der Waals surface area contributed by atoms with Crippen molar-refractivity contribution in [2.45, 2.75) is 11.1 Å². The number of alkyl halides is 3. The Kier molecular flexibility index (Phi) is 8.76. The number of amides is 2. The summed E-state index contributed by atoms with van der Waals surface area (Å²) >= 11 is 0. The number of nitrogens with zero attached hydrogens (tertiary/aromatic N) is 3. The monoisotopic (exact) mass is 475 g/mol. The van der Waals surface area contributed by atoms with Gasteiger partial charge in [0.1, 0.15) is 4.90 Å². The molecule has 0 atom stereocenters. The normalized spacial score (nSPS) is 11.1. The van der Waals surface area contributed by atoms with Crippen LogP contribution in [0.5, 0.6) is 6.01 Å². The molecule has 16 heteroatoms. The van der Waals surface area contributed by atoms with Crippen molar-refractivity contribution in [3.05, 3.63) is 35.7 Å². The van der Waals surface area contributed by atoms with E-state index >= 15 is 0 Å². The molecule has 0 saturated carbocycles. The molecule has 11 nitrogen and oxygen atoms in total. The number of nitrogens with one attached hydrogen (secondary N) is 2.